The number of anilines is 1. The van der Waals surface area contributed by atoms with Crippen LogP contribution in [0.15, 0.2) is 58.3 Å². The summed E-state index contributed by atoms with van der Waals surface area (Å²) in [7, 11) is 0. The molecule has 2 heterocycles. The Morgan fingerprint density at radius 2 is 1.83 bits per heavy atom. The van der Waals surface area contributed by atoms with E-state index in [2.05, 4.69) is 31.2 Å². The number of rotatable bonds is 9. The van der Waals surface area contributed by atoms with Gasteiger partial charge in [-0.2, -0.15) is 9.78 Å². The molecular weight excluding hydrogens is 452 g/mol. The first-order chi connectivity index (χ1) is 17.0. The van der Waals surface area contributed by atoms with Gasteiger partial charge in [0.15, 0.2) is 5.69 Å². The number of aromatic nitrogens is 5. The molecule has 0 atom stereocenters. The van der Waals surface area contributed by atoms with Gasteiger partial charge in [-0.1, -0.05) is 17.3 Å². The summed E-state index contributed by atoms with van der Waals surface area (Å²) >= 11 is 0. The van der Waals surface area contributed by atoms with Crippen molar-refractivity contribution in [1.29, 1.82) is 0 Å². The third-order valence-corrected chi connectivity index (χ3v) is 4.91. The fraction of sp³-hybridized carbons (Fsp3) is 0.217. The summed E-state index contributed by atoms with van der Waals surface area (Å²) in [5, 5.41) is 19.7. The van der Waals surface area contributed by atoms with Crippen molar-refractivity contribution in [3.05, 3.63) is 59.8 Å². The standard InChI is InChI=1S/C23H24N8O4/c1-4-33-17-11-9-15(10-12-17)14(3)25-27-23(32)19-20(16-7-6-8-18(13-16)34-5-2)31(30-26-19)22-21(24)28-35-29-22/h6-13H,4-5H2,1-3H3,(H2,24,28)(H,27,32)/b25-14+. The van der Waals surface area contributed by atoms with E-state index in [4.69, 9.17) is 19.8 Å². The van der Waals surface area contributed by atoms with Gasteiger partial charge in [0.25, 0.3) is 5.91 Å². The number of carbonyl (C=O) groups is 1. The quantitative estimate of drug-likeness (QED) is 0.274. The molecule has 12 heteroatoms. The summed E-state index contributed by atoms with van der Waals surface area (Å²) < 4.78 is 17.0. The molecule has 0 saturated carbocycles. The Hall–Kier alpha value is -4.74. The summed E-state index contributed by atoms with van der Waals surface area (Å²) in [5.74, 6) is 0.884. The minimum atomic E-state index is -0.576. The molecule has 35 heavy (non-hydrogen) atoms. The zero-order valence-electron chi connectivity index (χ0n) is 19.4. The van der Waals surface area contributed by atoms with Crippen LogP contribution < -0.4 is 20.6 Å². The van der Waals surface area contributed by atoms with Gasteiger partial charge >= 0.3 is 0 Å². The van der Waals surface area contributed by atoms with E-state index < -0.39 is 5.91 Å². The average molecular weight is 476 g/mol. The summed E-state index contributed by atoms with van der Waals surface area (Å²) in [6.45, 7) is 6.63. The molecule has 3 N–H and O–H groups in total. The molecule has 0 aliphatic carbocycles. The van der Waals surface area contributed by atoms with Gasteiger partial charge in [0.2, 0.25) is 11.6 Å². The Bertz CT molecular complexity index is 1340. The molecule has 180 valence electrons. The van der Waals surface area contributed by atoms with E-state index in [0.29, 0.717) is 35.9 Å². The first-order valence-corrected chi connectivity index (χ1v) is 10.9. The zero-order valence-corrected chi connectivity index (χ0v) is 19.4. The van der Waals surface area contributed by atoms with Crippen LogP contribution in [0.3, 0.4) is 0 Å². The van der Waals surface area contributed by atoms with Crippen LogP contribution in [0, 0.1) is 0 Å². The number of hydrogen-bond donors (Lipinski definition) is 2. The summed E-state index contributed by atoms with van der Waals surface area (Å²) in [6.07, 6.45) is 0. The SMILES string of the molecule is CCOc1ccc(/C(C)=N/NC(=O)c2nnn(-c3nonc3N)c2-c2cccc(OCC)c2)cc1. The summed E-state index contributed by atoms with van der Waals surface area (Å²) in [5.41, 5.74) is 10.7. The third kappa shape index (κ3) is 5.11. The molecule has 0 saturated heterocycles. The number of nitrogens with one attached hydrogen (secondary N) is 1. The van der Waals surface area contributed by atoms with Gasteiger partial charge in [-0.25, -0.2) is 10.1 Å². The van der Waals surface area contributed by atoms with Crippen molar-refractivity contribution < 1.29 is 18.9 Å². The lowest BCUT2D eigenvalue weighted by molar-refractivity contribution is 0.0950. The summed E-state index contributed by atoms with van der Waals surface area (Å²) in [6, 6.07) is 14.5. The smallest absolute Gasteiger partial charge is 0.294 e. The fourth-order valence-corrected chi connectivity index (χ4v) is 3.29. The molecular formula is C23H24N8O4. The largest absolute Gasteiger partial charge is 0.494 e. The predicted octanol–water partition coefficient (Wildman–Crippen LogP) is 2.85. The highest BCUT2D eigenvalue weighted by atomic mass is 16.6. The minimum absolute atomic E-state index is 0.00397. The van der Waals surface area contributed by atoms with Crippen molar-refractivity contribution in [2.75, 3.05) is 18.9 Å². The molecule has 0 radical (unpaired) electrons. The normalized spacial score (nSPS) is 11.3. The molecule has 1 amide bonds. The van der Waals surface area contributed by atoms with Crippen molar-refractivity contribution in [1.82, 2.24) is 30.7 Å². The fourth-order valence-electron chi connectivity index (χ4n) is 3.29. The highest BCUT2D eigenvalue weighted by Gasteiger charge is 2.25. The van der Waals surface area contributed by atoms with Gasteiger partial charge in [0, 0.05) is 5.56 Å². The van der Waals surface area contributed by atoms with Crippen LogP contribution in [0.2, 0.25) is 0 Å². The Balaban J connectivity index is 1.67. The molecule has 0 aliphatic rings. The topological polar surface area (TPSA) is 156 Å². The Morgan fingerprint density at radius 1 is 1.09 bits per heavy atom. The van der Waals surface area contributed by atoms with E-state index in [1.807, 2.05) is 38.1 Å². The number of carbonyl (C=O) groups excluding carboxylic acids is 1. The van der Waals surface area contributed by atoms with Crippen molar-refractivity contribution in [3.63, 3.8) is 0 Å². The number of nitrogens with zero attached hydrogens (tertiary/aromatic N) is 6. The van der Waals surface area contributed by atoms with Gasteiger partial charge in [0.1, 0.15) is 17.2 Å². The third-order valence-electron chi connectivity index (χ3n) is 4.91. The lowest BCUT2D eigenvalue weighted by Crippen LogP contribution is -2.21. The first kappa shape index (κ1) is 23.4. The Morgan fingerprint density at radius 3 is 2.51 bits per heavy atom. The number of benzene rings is 2. The molecule has 4 rings (SSSR count). The molecule has 0 unspecified atom stereocenters. The van der Waals surface area contributed by atoms with Crippen molar-refractivity contribution in [2.24, 2.45) is 5.10 Å². The Labute approximate surface area is 200 Å². The maximum Gasteiger partial charge on any atom is 0.294 e. The number of hydrogen-bond acceptors (Lipinski definition) is 10. The second kappa shape index (κ2) is 10.5. The van der Waals surface area contributed by atoms with Gasteiger partial charge in [-0.05, 0) is 73.0 Å². The highest BCUT2D eigenvalue weighted by molar-refractivity contribution is 6.02. The van der Waals surface area contributed by atoms with E-state index in [-0.39, 0.29) is 17.3 Å². The van der Waals surface area contributed by atoms with E-state index in [1.165, 1.54) is 4.68 Å². The molecule has 2 aromatic heterocycles. The van der Waals surface area contributed by atoms with E-state index in [0.717, 1.165) is 11.3 Å². The molecule has 0 spiro atoms. The molecule has 0 aliphatic heterocycles. The van der Waals surface area contributed by atoms with Crippen molar-refractivity contribution in [2.45, 2.75) is 20.8 Å². The number of hydrazone groups is 1. The Kier molecular flexibility index (Phi) is 7.00. The van der Waals surface area contributed by atoms with E-state index in [9.17, 15) is 4.79 Å². The van der Waals surface area contributed by atoms with Crippen LogP contribution in [-0.2, 0) is 0 Å². The van der Waals surface area contributed by atoms with Crippen LogP contribution in [0.4, 0.5) is 5.82 Å². The van der Waals surface area contributed by atoms with Gasteiger partial charge in [-0.3, -0.25) is 4.79 Å². The van der Waals surface area contributed by atoms with E-state index >= 15 is 0 Å². The van der Waals surface area contributed by atoms with Crippen LogP contribution >= 0.6 is 0 Å². The van der Waals surface area contributed by atoms with Gasteiger partial charge < -0.3 is 15.2 Å². The number of nitrogen functional groups attached to an aromatic ring is 1. The highest BCUT2D eigenvalue weighted by Crippen LogP contribution is 2.29. The maximum absolute atomic E-state index is 13.1. The monoisotopic (exact) mass is 476 g/mol. The average Bonchev–Trinajstić information content (AvgIpc) is 3.49. The number of ether oxygens (including phenoxy) is 2. The number of amides is 1. The molecule has 0 fully saturated rings. The van der Waals surface area contributed by atoms with Gasteiger partial charge in [0.05, 0.1) is 18.9 Å². The molecule has 2 aromatic carbocycles. The van der Waals surface area contributed by atoms with Crippen molar-refractivity contribution in [3.8, 4) is 28.6 Å². The number of nitrogens with two attached hydrogens (primary N) is 1. The second-order valence-corrected chi connectivity index (χ2v) is 7.23. The second-order valence-electron chi connectivity index (χ2n) is 7.23. The lowest BCUT2D eigenvalue weighted by Gasteiger charge is -2.09. The van der Waals surface area contributed by atoms with Gasteiger partial charge in [-0.15, -0.1) is 5.10 Å². The van der Waals surface area contributed by atoms with Crippen LogP contribution in [-0.4, -0.2) is 50.1 Å². The summed E-state index contributed by atoms with van der Waals surface area (Å²) in [4.78, 5) is 13.1. The predicted molar refractivity (Wildman–Crippen MR) is 128 cm³/mol. The maximum atomic E-state index is 13.1. The van der Waals surface area contributed by atoms with Crippen LogP contribution in [0.5, 0.6) is 11.5 Å². The molecule has 0 bridgehead atoms. The first-order valence-electron chi connectivity index (χ1n) is 10.9. The molecule has 4 aromatic rings. The minimum Gasteiger partial charge on any atom is -0.494 e. The lowest BCUT2D eigenvalue weighted by atomic mass is 10.1. The zero-order chi connectivity index (χ0) is 24.8. The van der Waals surface area contributed by atoms with E-state index in [1.54, 1.807) is 31.2 Å². The molecule has 12 nitrogen and oxygen atoms in total. The van der Waals surface area contributed by atoms with Crippen LogP contribution in [0.25, 0.3) is 17.1 Å². The van der Waals surface area contributed by atoms with Crippen LogP contribution in [0.1, 0.15) is 36.8 Å². The van der Waals surface area contributed by atoms with Crippen molar-refractivity contribution >= 4 is 17.4 Å².